The highest BCUT2D eigenvalue weighted by Crippen LogP contribution is 1.88. The normalized spacial score (nSPS) is 8.20. The number of rotatable bonds is 1. The first-order valence-corrected chi connectivity index (χ1v) is 3.02. The highest BCUT2D eigenvalue weighted by atomic mass is 32.4. The van der Waals surface area contributed by atoms with E-state index in [0.29, 0.717) is 7.36 Å². The molecule has 0 aromatic heterocycles. The number of hydrogen-bond acceptors (Lipinski definition) is 2. The van der Waals surface area contributed by atoms with Gasteiger partial charge in [-0.05, 0) is 11.8 Å². The number of carbonyl (C=O) groups is 1. The quantitative estimate of drug-likeness (QED) is 0.463. The van der Waals surface area contributed by atoms with Crippen molar-refractivity contribution in [2.24, 2.45) is 0 Å². The molecular weight excluding hydrogens is 103 g/mol. The molecule has 0 saturated heterocycles. The van der Waals surface area contributed by atoms with Crippen LogP contribution in [0.25, 0.3) is 0 Å². The Morgan fingerprint density at radius 2 is 2.20 bits per heavy atom. The summed E-state index contributed by atoms with van der Waals surface area (Å²) >= 11 is 4.30. The summed E-state index contributed by atoms with van der Waals surface area (Å²) in [6.07, 6.45) is 0. The molecule has 0 rings (SSSR count). The lowest BCUT2D eigenvalue weighted by Gasteiger charge is -1.59. The summed E-state index contributed by atoms with van der Waals surface area (Å²) in [5.41, 5.74) is 0.0417. The summed E-state index contributed by atoms with van der Waals surface area (Å²) in [6.45, 7) is 1.47. The second-order valence-electron chi connectivity index (χ2n) is 0.610. The summed E-state index contributed by atoms with van der Waals surface area (Å²) < 4.78 is 0. The van der Waals surface area contributed by atoms with E-state index in [1.165, 1.54) is 6.92 Å². The summed E-state index contributed by atoms with van der Waals surface area (Å²) in [5, 5.41) is 0. The Hall–Kier alpha value is 0.190. The van der Waals surface area contributed by atoms with Gasteiger partial charge in [0.2, 0.25) is 0 Å². The Bertz CT molecular complexity index is 60.7. The highest BCUT2D eigenvalue weighted by molar-refractivity contribution is 8.03. The number of hydrogen-bond donors (Lipinski definition) is 0. The van der Waals surface area contributed by atoms with Gasteiger partial charge < -0.3 is 0 Å². The average molecular weight is 106 g/mol. The summed E-state index contributed by atoms with van der Waals surface area (Å²) in [4.78, 5) is 9.70. The SMILES string of the molecule is CC(=O)P=S. The second-order valence-corrected chi connectivity index (χ2v) is 1.97. The van der Waals surface area contributed by atoms with Crippen LogP contribution in [-0.2, 0) is 16.6 Å². The molecule has 0 heterocycles. The minimum absolute atomic E-state index is 0.0417. The predicted octanol–water partition coefficient (Wildman–Crippen LogP) is 0.941. The van der Waals surface area contributed by atoms with Crippen LogP contribution in [0, 0.1) is 0 Å². The van der Waals surface area contributed by atoms with Crippen molar-refractivity contribution in [3.63, 3.8) is 0 Å². The maximum Gasteiger partial charge on any atom is 0.189 e. The number of carbonyl (C=O) groups excluding carboxylic acids is 1. The van der Waals surface area contributed by atoms with E-state index in [-0.39, 0.29) is 5.52 Å². The van der Waals surface area contributed by atoms with E-state index in [9.17, 15) is 4.79 Å². The van der Waals surface area contributed by atoms with Crippen LogP contribution in [0.5, 0.6) is 0 Å². The molecule has 1 nitrogen and oxygen atoms in total. The van der Waals surface area contributed by atoms with Crippen molar-refractivity contribution in [1.82, 2.24) is 0 Å². The van der Waals surface area contributed by atoms with Crippen molar-refractivity contribution in [3.8, 4) is 0 Å². The molecular formula is C2H3OPS. The molecule has 0 fully saturated rings. The van der Waals surface area contributed by atoms with E-state index >= 15 is 0 Å². The Morgan fingerprint density at radius 1 is 2.00 bits per heavy atom. The van der Waals surface area contributed by atoms with Crippen molar-refractivity contribution in [3.05, 3.63) is 0 Å². The molecule has 0 saturated carbocycles. The molecule has 0 aromatic carbocycles. The van der Waals surface area contributed by atoms with Gasteiger partial charge in [0, 0.05) is 14.3 Å². The van der Waals surface area contributed by atoms with Gasteiger partial charge in [0.25, 0.3) is 0 Å². The third kappa shape index (κ3) is 4.19. The van der Waals surface area contributed by atoms with Gasteiger partial charge in [-0.15, -0.1) is 0 Å². The fourth-order valence-electron chi connectivity index (χ4n) is 0. The van der Waals surface area contributed by atoms with Crippen molar-refractivity contribution in [2.45, 2.75) is 6.92 Å². The largest absolute Gasteiger partial charge is 0.289 e. The maximum atomic E-state index is 9.70. The zero-order valence-corrected chi connectivity index (χ0v) is 4.47. The monoisotopic (exact) mass is 106 g/mol. The average Bonchev–Trinajstić information content (AvgIpc) is 1.38. The van der Waals surface area contributed by atoms with Gasteiger partial charge in [-0.25, -0.2) is 0 Å². The lowest BCUT2D eigenvalue weighted by atomic mass is 10.9. The van der Waals surface area contributed by atoms with Crippen LogP contribution in [0.15, 0.2) is 0 Å². The molecule has 0 aromatic rings. The molecule has 0 amide bonds. The van der Waals surface area contributed by atoms with Gasteiger partial charge in [0.15, 0.2) is 5.52 Å². The minimum Gasteiger partial charge on any atom is -0.289 e. The predicted molar refractivity (Wildman–Crippen MR) is 25.0 cm³/mol. The van der Waals surface area contributed by atoms with Crippen LogP contribution in [0.1, 0.15) is 6.92 Å². The molecule has 0 atom stereocenters. The summed E-state index contributed by atoms with van der Waals surface area (Å²) in [5.74, 6) is 0. The highest BCUT2D eigenvalue weighted by Gasteiger charge is 1.73. The smallest absolute Gasteiger partial charge is 0.189 e. The maximum absolute atomic E-state index is 9.70. The van der Waals surface area contributed by atoms with Gasteiger partial charge in [-0.3, -0.25) is 4.79 Å². The van der Waals surface area contributed by atoms with Crippen molar-refractivity contribution in [2.75, 3.05) is 0 Å². The van der Waals surface area contributed by atoms with Crippen LogP contribution in [-0.4, -0.2) is 5.52 Å². The van der Waals surface area contributed by atoms with Gasteiger partial charge in [0.05, 0.1) is 0 Å². The Kier molecular flexibility index (Phi) is 2.52. The zero-order valence-electron chi connectivity index (χ0n) is 2.76. The Morgan fingerprint density at radius 3 is 2.20 bits per heavy atom. The van der Waals surface area contributed by atoms with E-state index < -0.39 is 0 Å². The van der Waals surface area contributed by atoms with E-state index in [2.05, 4.69) is 11.8 Å². The lowest BCUT2D eigenvalue weighted by Crippen LogP contribution is -1.63. The van der Waals surface area contributed by atoms with E-state index in [1.54, 1.807) is 0 Å². The topological polar surface area (TPSA) is 17.1 Å². The van der Waals surface area contributed by atoms with Gasteiger partial charge in [-0.2, -0.15) is 0 Å². The molecule has 5 heavy (non-hydrogen) atoms. The van der Waals surface area contributed by atoms with Crippen LogP contribution in [0.2, 0.25) is 0 Å². The van der Waals surface area contributed by atoms with Gasteiger partial charge >= 0.3 is 0 Å². The standard InChI is InChI=1S/C2H3OPS/c1-2(3)4-5/h1H3. The minimum atomic E-state index is 0.0417. The molecule has 28 valence electrons. The van der Waals surface area contributed by atoms with Gasteiger partial charge in [0.1, 0.15) is 0 Å². The van der Waals surface area contributed by atoms with Crippen molar-refractivity contribution >= 4 is 24.7 Å². The molecule has 0 spiro atoms. The van der Waals surface area contributed by atoms with E-state index in [1.807, 2.05) is 0 Å². The van der Waals surface area contributed by atoms with Crippen LogP contribution in [0.3, 0.4) is 0 Å². The third-order valence-corrected chi connectivity index (χ3v) is 1.16. The fourth-order valence-corrected chi connectivity index (χ4v) is 0. The van der Waals surface area contributed by atoms with Gasteiger partial charge in [-0.1, -0.05) is 0 Å². The van der Waals surface area contributed by atoms with E-state index in [4.69, 9.17) is 0 Å². The first-order valence-electron chi connectivity index (χ1n) is 1.11. The molecule has 3 heteroatoms. The summed E-state index contributed by atoms with van der Waals surface area (Å²) in [6, 6.07) is 0. The summed E-state index contributed by atoms with van der Waals surface area (Å²) in [7, 11) is 0.441. The second kappa shape index (κ2) is 2.43. The van der Waals surface area contributed by atoms with E-state index in [0.717, 1.165) is 0 Å². The molecule has 0 aliphatic carbocycles. The molecule has 0 bridgehead atoms. The molecule has 0 unspecified atom stereocenters. The molecule has 0 radical (unpaired) electrons. The molecule has 0 aliphatic rings. The fraction of sp³-hybridized carbons (Fsp3) is 0.500. The zero-order chi connectivity index (χ0) is 4.28. The molecule has 0 aliphatic heterocycles. The first-order chi connectivity index (χ1) is 2.27. The molecule has 0 N–H and O–H groups in total. The van der Waals surface area contributed by atoms with Crippen LogP contribution in [0.4, 0.5) is 0 Å². The lowest BCUT2D eigenvalue weighted by molar-refractivity contribution is -0.109. The Labute approximate surface area is 37.2 Å². The van der Waals surface area contributed by atoms with Crippen molar-refractivity contribution in [1.29, 1.82) is 0 Å². The first kappa shape index (κ1) is 5.19. The third-order valence-electron chi connectivity index (χ3n) is 0.129. The van der Waals surface area contributed by atoms with Crippen molar-refractivity contribution < 1.29 is 4.79 Å². The Balaban J connectivity index is 3.20. The van der Waals surface area contributed by atoms with Crippen LogP contribution < -0.4 is 0 Å². The van der Waals surface area contributed by atoms with Crippen LogP contribution >= 0.6 is 7.36 Å².